The highest BCUT2D eigenvalue weighted by atomic mass is 16.5. The summed E-state index contributed by atoms with van der Waals surface area (Å²) in [5, 5.41) is 0. The fraction of sp³-hybridized carbons (Fsp3) is 0.955. The van der Waals surface area contributed by atoms with Crippen molar-refractivity contribution in [3.63, 3.8) is 0 Å². The third kappa shape index (κ3) is 17.8. The van der Waals surface area contributed by atoms with Gasteiger partial charge in [-0.05, 0) is 24.7 Å². The van der Waals surface area contributed by atoms with E-state index in [0.29, 0.717) is 18.9 Å². The molecular weight excluding hydrogens is 296 g/mol. The van der Waals surface area contributed by atoms with Gasteiger partial charge in [-0.15, -0.1) is 0 Å². The maximum Gasteiger partial charge on any atom is 0.305 e. The number of rotatable bonds is 17. The van der Waals surface area contributed by atoms with E-state index in [1.165, 1.54) is 70.6 Å². The number of hydrogen-bond donors (Lipinski definition) is 0. The molecule has 0 saturated carbocycles. The van der Waals surface area contributed by atoms with Crippen LogP contribution in [-0.4, -0.2) is 12.6 Å². The van der Waals surface area contributed by atoms with E-state index in [1.807, 2.05) is 0 Å². The highest BCUT2D eigenvalue weighted by Gasteiger charge is 2.06. The van der Waals surface area contributed by atoms with Crippen molar-refractivity contribution in [2.24, 2.45) is 11.8 Å². The van der Waals surface area contributed by atoms with E-state index in [4.69, 9.17) is 4.74 Å². The maximum atomic E-state index is 11.7. The number of carbonyl (C=O) groups excluding carboxylic acids is 1. The zero-order valence-corrected chi connectivity index (χ0v) is 17.1. The smallest absolute Gasteiger partial charge is 0.305 e. The lowest BCUT2D eigenvalue weighted by Crippen LogP contribution is -2.08. The van der Waals surface area contributed by atoms with E-state index in [9.17, 15) is 4.79 Å². The molecule has 0 unspecified atom stereocenters. The van der Waals surface area contributed by atoms with Gasteiger partial charge in [0.05, 0.1) is 6.61 Å². The molecule has 0 fully saturated rings. The van der Waals surface area contributed by atoms with Crippen molar-refractivity contribution in [3.05, 3.63) is 0 Å². The van der Waals surface area contributed by atoms with Crippen molar-refractivity contribution in [2.45, 2.75) is 118 Å². The molecule has 0 aromatic carbocycles. The van der Waals surface area contributed by atoms with Gasteiger partial charge in [-0.3, -0.25) is 4.79 Å². The first-order valence-corrected chi connectivity index (χ1v) is 10.7. The fourth-order valence-corrected chi connectivity index (χ4v) is 3.05. The van der Waals surface area contributed by atoms with Crippen LogP contribution < -0.4 is 0 Å². The summed E-state index contributed by atoms with van der Waals surface area (Å²) < 4.78 is 5.37. The summed E-state index contributed by atoms with van der Waals surface area (Å²) >= 11 is 0. The normalized spacial score (nSPS) is 12.5. The van der Waals surface area contributed by atoms with Gasteiger partial charge < -0.3 is 4.74 Å². The minimum Gasteiger partial charge on any atom is -0.466 e. The van der Waals surface area contributed by atoms with Crippen molar-refractivity contribution >= 4 is 5.97 Å². The minimum absolute atomic E-state index is 0.00678. The summed E-state index contributed by atoms with van der Waals surface area (Å²) in [6.07, 6.45) is 17.1. The summed E-state index contributed by atoms with van der Waals surface area (Å²) in [4.78, 5) is 11.7. The van der Waals surface area contributed by atoms with Crippen LogP contribution in [0.1, 0.15) is 118 Å². The summed E-state index contributed by atoms with van der Waals surface area (Å²) in [5.41, 5.74) is 0. The summed E-state index contributed by atoms with van der Waals surface area (Å²) in [6, 6.07) is 0. The number of esters is 1. The number of carbonyl (C=O) groups is 1. The first kappa shape index (κ1) is 23.5. The van der Waals surface area contributed by atoms with Crippen LogP contribution in [-0.2, 0) is 9.53 Å². The Balaban J connectivity index is 3.32. The molecule has 1 atom stereocenters. The molecule has 0 aliphatic rings. The largest absolute Gasteiger partial charge is 0.466 e. The molecular formula is C22H44O2. The molecule has 2 nitrogen and oxygen atoms in total. The standard InChI is InChI=1S/C22H44O2/c1-5-6-7-8-9-10-11-12-13-17-22(23)24-19-18-21(4)16-14-15-20(2)3/h20-21H,5-19H2,1-4H3/t21-/m1/s1. The van der Waals surface area contributed by atoms with Crippen molar-refractivity contribution < 1.29 is 9.53 Å². The van der Waals surface area contributed by atoms with Gasteiger partial charge in [-0.25, -0.2) is 0 Å². The SMILES string of the molecule is CCCCCCCCCCCC(=O)OCC[C@H](C)CCCC(C)C. The van der Waals surface area contributed by atoms with Crippen LogP contribution in [0.4, 0.5) is 0 Å². The molecule has 2 heteroatoms. The number of hydrogen-bond acceptors (Lipinski definition) is 2. The quantitative estimate of drug-likeness (QED) is 0.205. The van der Waals surface area contributed by atoms with Gasteiger partial charge in [0.25, 0.3) is 0 Å². The lowest BCUT2D eigenvalue weighted by molar-refractivity contribution is -0.144. The Hall–Kier alpha value is -0.530. The molecule has 0 rings (SSSR count). The van der Waals surface area contributed by atoms with Crippen molar-refractivity contribution in [2.75, 3.05) is 6.61 Å². The van der Waals surface area contributed by atoms with Crippen LogP contribution in [0.2, 0.25) is 0 Å². The Labute approximate surface area is 152 Å². The highest BCUT2D eigenvalue weighted by molar-refractivity contribution is 5.69. The Morgan fingerprint density at radius 2 is 1.33 bits per heavy atom. The van der Waals surface area contributed by atoms with E-state index >= 15 is 0 Å². The van der Waals surface area contributed by atoms with Crippen LogP contribution in [0, 0.1) is 11.8 Å². The summed E-state index contributed by atoms with van der Waals surface area (Å²) in [5.74, 6) is 1.47. The van der Waals surface area contributed by atoms with E-state index in [0.717, 1.165) is 18.8 Å². The molecule has 0 radical (unpaired) electrons. The molecule has 0 aliphatic carbocycles. The molecule has 0 spiro atoms. The Kier molecular flexibility index (Phi) is 16.9. The molecule has 0 N–H and O–H groups in total. The minimum atomic E-state index is 0.00678. The molecule has 0 aromatic heterocycles. The maximum absolute atomic E-state index is 11.7. The third-order valence-electron chi connectivity index (χ3n) is 4.84. The topological polar surface area (TPSA) is 26.3 Å². The Bertz CT molecular complexity index is 273. The first-order chi connectivity index (χ1) is 11.6. The van der Waals surface area contributed by atoms with Crippen molar-refractivity contribution in [1.29, 1.82) is 0 Å². The lowest BCUT2D eigenvalue weighted by Gasteiger charge is -2.12. The zero-order valence-electron chi connectivity index (χ0n) is 17.1. The molecule has 24 heavy (non-hydrogen) atoms. The second kappa shape index (κ2) is 17.3. The third-order valence-corrected chi connectivity index (χ3v) is 4.84. The second-order valence-corrected chi connectivity index (χ2v) is 8.02. The Morgan fingerprint density at radius 1 is 0.750 bits per heavy atom. The van der Waals surface area contributed by atoms with Gasteiger partial charge in [0, 0.05) is 6.42 Å². The van der Waals surface area contributed by atoms with E-state index in [-0.39, 0.29) is 5.97 Å². The molecule has 0 aromatic rings. The van der Waals surface area contributed by atoms with Gasteiger partial charge >= 0.3 is 5.97 Å². The van der Waals surface area contributed by atoms with Crippen molar-refractivity contribution in [1.82, 2.24) is 0 Å². The fourth-order valence-electron chi connectivity index (χ4n) is 3.05. The van der Waals surface area contributed by atoms with E-state index in [2.05, 4.69) is 27.7 Å². The molecule has 0 bridgehead atoms. The molecule has 0 amide bonds. The molecule has 144 valence electrons. The lowest BCUT2D eigenvalue weighted by atomic mass is 9.98. The van der Waals surface area contributed by atoms with Gasteiger partial charge in [-0.2, -0.15) is 0 Å². The predicted octanol–water partition coefficient (Wildman–Crippen LogP) is 7.30. The molecule has 0 aliphatic heterocycles. The molecule has 0 saturated heterocycles. The summed E-state index contributed by atoms with van der Waals surface area (Å²) in [6.45, 7) is 9.69. The average Bonchev–Trinajstić information content (AvgIpc) is 2.53. The van der Waals surface area contributed by atoms with E-state index in [1.54, 1.807) is 0 Å². The Morgan fingerprint density at radius 3 is 1.92 bits per heavy atom. The first-order valence-electron chi connectivity index (χ1n) is 10.7. The monoisotopic (exact) mass is 340 g/mol. The van der Waals surface area contributed by atoms with Crippen molar-refractivity contribution in [3.8, 4) is 0 Å². The number of ether oxygens (including phenoxy) is 1. The van der Waals surface area contributed by atoms with Crippen LogP contribution in [0.5, 0.6) is 0 Å². The van der Waals surface area contributed by atoms with Crippen LogP contribution in [0.15, 0.2) is 0 Å². The van der Waals surface area contributed by atoms with E-state index < -0.39 is 0 Å². The van der Waals surface area contributed by atoms with Gasteiger partial charge in [0.2, 0.25) is 0 Å². The van der Waals surface area contributed by atoms with Gasteiger partial charge in [0.15, 0.2) is 0 Å². The van der Waals surface area contributed by atoms with Crippen LogP contribution >= 0.6 is 0 Å². The summed E-state index contributed by atoms with van der Waals surface area (Å²) in [7, 11) is 0. The van der Waals surface area contributed by atoms with Gasteiger partial charge in [0.1, 0.15) is 0 Å². The van der Waals surface area contributed by atoms with Gasteiger partial charge in [-0.1, -0.05) is 98.3 Å². The molecule has 0 heterocycles. The average molecular weight is 341 g/mol. The van der Waals surface area contributed by atoms with Crippen LogP contribution in [0.25, 0.3) is 0 Å². The number of unbranched alkanes of at least 4 members (excludes halogenated alkanes) is 8. The predicted molar refractivity (Wildman–Crippen MR) is 105 cm³/mol. The zero-order chi connectivity index (χ0) is 18.0. The highest BCUT2D eigenvalue weighted by Crippen LogP contribution is 2.15. The van der Waals surface area contributed by atoms with Crippen LogP contribution in [0.3, 0.4) is 0 Å². The second-order valence-electron chi connectivity index (χ2n) is 8.02.